The first-order valence-electron chi connectivity index (χ1n) is 5.82. The van der Waals surface area contributed by atoms with Crippen LogP contribution in [0.25, 0.3) is 0 Å². The minimum atomic E-state index is -0.289. The summed E-state index contributed by atoms with van der Waals surface area (Å²) in [5.74, 6) is 1.17. The van der Waals surface area contributed by atoms with E-state index in [9.17, 15) is 4.79 Å². The average molecular weight is 213 g/mol. The minimum Gasteiger partial charge on any atom is -0.351 e. The van der Waals surface area contributed by atoms with Crippen molar-refractivity contribution in [2.45, 2.75) is 33.2 Å². The lowest BCUT2D eigenvalue weighted by molar-refractivity contribution is 0.134. The standard InChI is InChI=1S/C11H23N3O/c1-4-13-10-5-9(8(2)3)6-14(7-10)11(12)15/h8-10,13H,4-7H2,1-3H3,(H2,12,15). The highest BCUT2D eigenvalue weighted by Gasteiger charge is 2.29. The zero-order valence-electron chi connectivity index (χ0n) is 9.99. The van der Waals surface area contributed by atoms with Gasteiger partial charge in [0.05, 0.1) is 0 Å². The Bertz CT molecular complexity index is 218. The SMILES string of the molecule is CCNC1CC(C(C)C)CN(C(N)=O)C1. The molecule has 1 heterocycles. The van der Waals surface area contributed by atoms with Gasteiger partial charge in [-0.2, -0.15) is 0 Å². The summed E-state index contributed by atoms with van der Waals surface area (Å²) in [5.41, 5.74) is 5.35. The van der Waals surface area contributed by atoms with Crippen LogP contribution in [0.2, 0.25) is 0 Å². The van der Waals surface area contributed by atoms with Gasteiger partial charge in [-0.15, -0.1) is 0 Å². The van der Waals surface area contributed by atoms with Crippen molar-refractivity contribution < 1.29 is 4.79 Å². The summed E-state index contributed by atoms with van der Waals surface area (Å²) in [6.07, 6.45) is 1.15. The molecule has 15 heavy (non-hydrogen) atoms. The first-order valence-corrected chi connectivity index (χ1v) is 5.82. The van der Waals surface area contributed by atoms with Crippen LogP contribution in [0.15, 0.2) is 0 Å². The van der Waals surface area contributed by atoms with Crippen molar-refractivity contribution in [1.29, 1.82) is 0 Å². The average Bonchev–Trinajstić information content (AvgIpc) is 2.17. The Balaban J connectivity index is 2.60. The smallest absolute Gasteiger partial charge is 0.314 e. The second kappa shape index (κ2) is 5.35. The third-order valence-electron chi connectivity index (χ3n) is 3.23. The number of likely N-dealkylation sites (tertiary alicyclic amines) is 1. The number of carbonyl (C=O) groups is 1. The molecule has 1 saturated heterocycles. The normalized spacial score (nSPS) is 27.1. The maximum Gasteiger partial charge on any atom is 0.314 e. The Morgan fingerprint density at radius 1 is 1.53 bits per heavy atom. The molecule has 1 aliphatic rings. The van der Waals surface area contributed by atoms with Crippen molar-refractivity contribution in [2.24, 2.45) is 17.6 Å². The molecule has 1 aliphatic heterocycles. The molecule has 0 saturated carbocycles. The van der Waals surface area contributed by atoms with Gasteiger partial charge in [0, 0.05) is 19.1 Å². The van der Waals surface area contributed by atoms with E-state index in [2.05, 4.69) is 26.1 Å². The molecule has 4 nitrogen and oxygen atoms in total. The van der Waals surface area contributed by atoms with E-state index in [1.807, 2.05) is 0 Å². The quantitative estimate of drug-likeness (QED) is 0.735. The van der Waals surface area contributed by atoms with Gasteiger partial charge >= 0.3 is 6.03 Å². The fourth-order valence-corrected chi connectivity index (χ4v) is 2.24. The van der Waals surface area contributed by atoms with Gasteiger partial charge in [0.25, 0.3) is 0 Å². The summed E-state index contributed by atoms with van der Waals surface area (Å²) in [4.78, 5) is 13.0. The molecule has 0 aromatic heterocycles. The van der Waals surface area contributed by atoms with Crippen LogP contribution in [0, 0.1) is 11.8 Å². The summed E-state index contributed by atoms with van der Waals surface area (Å²) in [6, 6.07) is 0.118. The summed E-state index contributed by atoms with van der Waals surface area (Å²) in [7, 11) is 0. The maximum absolute atomic E-state index is 11.2. The Labute approximate surface area is 92.2 Å². The summed E-state index contributed by atoms with van der Waals surface area (Å²) in [5, 5.41) is 3.40. The van der Waals surface area contributed by atoms with Crippen LogP contribution in [-0.2, 0) is 0 Å². The molecule has 0 spiro atoms. The van der Waals surface area contributed by atoms with E-state index in [1.54, 1.807) is 4.90 Å². The van der Waals surface area contributed by atoms with E-state index < -0.39 is 0 Å². The molecule has 0 aliphatic carbocycles. The number of rotatable bonds is 3. The van der Waals surface area contributed by atoms with Crippen molar-refractivity contribution >= 4 is 6.03 Å². The van der Waals surface area contributed by atoms with E-state index in [0.717, 1.165) is 26.1 Å². The van der Waals surface area contributed by atoms with Crippen LogP contribution in [0.3, 0.4) is 0 Å². The highest BCUT2D eigenvalue weighted by molar-refractivity contribution is 5.72. The number of primary amides is 1. The predicted molar refractivity (Wildman–Crippen MR) is 61.6 cm³/mol. The number of nitrogens with one attached hydrogen (secondary N) is 1. The van der Waals surface area contributed by atoms with Crippen molar-refractivity contribution in [2.75, 3.05) is 19.6 Å². The molecule has 2 unspecified atom stereocenters. The van der Waals surface area contributed by atoms with Crippen LogP contribution in [-0.4, -0.2) is 36.6 Å². The molecule has 1 rings (SSSR count). The van der Waals surface area contributed by atoms with Gasteiger partial charge in [0.15, 0.2) is 0 Å². The zero-order valence-corrected chi connectivity index (χ0v) is 9.99. The van der Waals surface area contributed by atoms with Crippen molar-refractivity contribution in [3.05, 3.63) is 0 Å². The molecule has 88 valence electrons. The van der Waals surface area contributed by atoms with Gasteiger partial charge in [0.1, 0.15) is 0 Å². The second-order valence-corrected chi connectivity index (χ2v) is 4.74. The molecule has 2 atom stereocenters. The molecule has 0 bridgehead atoms. The van der Waals surface area contributed by atoms with Gasteiger partial charge in [-0.25, -0.2) is 4.79 Å². The number of amides is 2. The molecule has 0 aromatic carbocycles. The van der Waals surface area contributed by atoms with Crippen molar-refractivity contribution in [1.82, 2.24) is 10.2 Å². The monoisotopic (exact) mass is 213 g/mol. The lowest BCUT2D eigenvalue weighted by atomic mass is 9.85. The van der Waals surface area contributed by atoms with E-state index in [1.165, 1.54) is 0 Å². The van der Waals surface area contributed by atoms with E-state index in [0.29, 0.717) is 17.9 Å². The number of nitrogens with two attached hydrogens (primary N) is 1. The number of hydrogen-bond acceptors (Lipinski definition) is 2. The first-order chi connectivity index (χ1) is 7.04. The first kappa shape index (κ1) is 12.3. The van der Waals surface area contributed by atoms with Gasteiger partial charge in [-0.05, 0) is 24.8 Å². The number of likely N-dealkylation sites (N-methyl/N-ethyl adjacent to an activating group) is 1. The van der Waals surface area contributed by atoms with Crippen molar-refractivity contribution in [3.8, 4) is 0 Å². The zero-order chi connectivity index (χ0) is 11.4. The van der Waals surface area contributed by atoms with Crippen LogP contribution in [0.1, 0.15) is 27.2 Å². The maximum atomic E-state index is 11.2. The topological polar surface area (TPSA) is 58.4 Å². The Hall–Kier alpha value is -0.770. The number of nitrogens with zero attached hydrogens (tertiary/aromatic N) is 1. The number of piperidine rings is 1. The molecule has 2 amide bonds. The molecule has 3 N–H and O–H groups in total. The summed E-state index contributed by atoms with van der Waals surface area (Å²) < 4.78 is 0. The van der Waals surface area contributed by atoms with Crippen LogP contribution in [0.5, 0.6) is 0 Å². The molecular weight excluding hydrogens is 190 g/mol. The lowest BCUT2D eigenvalue weighted by Crippen LogP contribution is -2.53. The van der Waals surface area contributed by atoms with Gasteiger partial charge in [-0.1, -0.05) is 20.8 Å². The molecule has 0 radical (unpaired) electrons. The minimum absolute atomic E-state index is 0.289. The summed E-state index contributed by atoms with van der Waals surface area (Å²) >= 11 is 0. The summed E-state index contributed by atoms with van der Waals surface area (Å²) in [6.45, 7) is 9.02. The Morgan fingerprint density at radius 2 is 2.20 bits per heavy atom. The van der Waals surface area contributed by atoms with Gasteiger partial charge in [0.2, 0.25) is 0 Å². The fourth-order valence-electron chi connectivity index (χ4n) is 2.24. The molecule has 4 heteroatoms. The predicted octanol–water partition coefficient (Wildman–Crippen LogP) is 1.02. The third kappa shape index (κ3) is 3.38. The number of carbonyl (C=O) groups excluding carboxylic acids is 1. The largest absolute Gasteiger partial charge is 0.351 e. The highest BCUT2D eigenvalue weighted by atomic mass is 16.2. The van der Waals surface area contributed by atoms with Crippen molar-refractivity contribution in [3.63, 3.8) is 0 Å². The van der Waals surface area contributed by atoms with E-state index in [-0.39, 0.29) is 6.03 Å². The van der Waals surface area contributed by atoms with Crippen LogP contribution in [0.4, 0.5) is 4.79 Å². The number of hydrogen-bond donors (Lipinski definition) is 2. The third-order valence-corrected chi connectivity index (χ3v) is 3.23. The number of urea groups is 1. The molecule has 1 fully saturated rings. The van der Waals surface area contributed by atoms with Gasteiger partial charge in [-0.3, -0.25) is 0 Å². The van der Waals surface area contributed by atoms with Gasteiger partial charge < -0.3 is 16.0 Å². The molecular formula is C11H23N3O. The fraction of sp³-hybridized carbons (Fsp3) is 0.909. The second-order valence-electron chi connectivity index (χ2n) is 4.74. The van der Waals surface area contributed by atoms with Crippen LogP contribution >= 0.6 is 0 Å². The Morgan fingerprint density at radius 3 is 2.67 bits per heavy atom. The van der Waals surface area contributed by atoms with Crippen LogP contribution < -0.4 is 11.1 Å². The highest BCUT2D eigenvalue weighted by Crippen LogP contribution is 2.23. The lowest BCUT2D eigenvalue weighted by Gasteiger charge is -2.39. The van der Waals surface area contributed by atoms with E-state index in [4.69, 9.17) is 5.73 Å². The molecule has 0 aromatic rings. The Kier molecular flexibility index (Phi) is 4.39. The van der Waals surface area contributed by atoms with E-state index >= 15 is 0 Å².